The van der Waals surface area contributed by atoms with Gasteiger partial charge in [0.2, 0.25) is 11.8 Å². The second kappa shape index (κ2) is 11.6. The van der Waals surface area contributed by atoms with Crippen molar-refractivity contribution in [2.24, 2.45) is 0 Å². The molecule has 2 amide bonds. The Morgan fingerprint density at radius 1 is 1.06 bits per heavy atom. The number of hydrogen-bond donors (Lipinski definition) is 2. The molecule has 2 aromatic carbocycles. The van der Waals surface area contributed by atoms with Gasteiger partial charge in [0, 0.05) is 25.8 Å². The summed E-state index contributed by atoms with van der Waals surface area (Å²) in [6.07, 6.45) is -0.282. The lowest BCUT2D eigenvalue weighted by Crippen LogP contribution is -2.53. The van der Waals surface area contributed by atoms with Crippen LogP contribution in [0.1, 0.15) is 18.1 Å². The number of nitrogens with zero attached hydrogens (tertiary/aromatic N) is 1. The molecule has 33 heavy (non-hydrogen) atoms. The Labute approximate surface area is 189 Å². The first-order chi connectivity index (χ1) is 15.7. The van der Waals surface area contributed by atoms with Gasteiger partial charge in [0.05, 0.1) is 19.1 Å². The maximum Gasteiger partial charge on any atom is 0.328 e. The van der Waals surface area contributed by atoms with Gasteiger partial charge in [-0.1, -0.05) is 24.3 Å². The summed E-state index contributed by atoms with van der Waals surface area (Å²) in [5.74, 6) is -2.57. The molecule has 2 aromatic rings. The van der Waals surface area contributed by atoms with E-state index in [0.29, 0.717) is 5.56 Å². The standard InChI is InChI=1S/C22H24FN3O7/c1-13(27)24-17(12-15-6-4-5-7-16(15)23)21(28)25-18(22(29)33-3)10-14-8-9-20(32-2)19(11-14)26(30)31/h4-9,11,17-18H,10,12H2,1-3H3,(H,24,27)(H,25,28)/t17-,18+/m1/s1. The van der Waals surface area contributed by atoms with Crippen molar-refractivity contribution in [1.82, 2.24) is 10.6 Å². The largest absolute Gasteiger partial charge is 0.490 e. The molecule has 0 aliphatic carbocycles. The number of esters is 1. The molecule has 11 heteroatoms. The molecule has 0 saturated carbocycles. The first kappa shape index (κ1) is 25.2. The van der Waals surface area contributed by atoms with Crippen LogP contribution in [-0.2, 0) is 32.0 Å². The zero-order valence-electron chi connectivity index (χ0n) is 18.3. The third kappa shape index (κ3) is 6.99. The van der Waals surface area contributed by atoms with E-state index in [2.05, 4.69) is 10.6 Å². The first-order valence-electron chi connectivity index (χ1n) is 9.86. The van der Waals surface area contributed by atoms with Crippen molar-refractivity contribution in [2.45, 2.75) is 31.8 Å². The number of ether oxygens (including phenoxy) is 2. The number of hydrogen-bond acceptors (Lipinski definition) is 7. The fourth-order valence-corrected chi connectivity index (χ4v) is 3.19. The number of nitro groups is 1. The fraction of sp³-hybridized carbons (Fsp3) is 0.318. The van der Waals surface area contributed by atoms with Gasteiger partial charge < -0.3 is 20.1 Å². The van der Waals surface area contributed by atoms with Gasteiger partial charge in [-0.05, 0) is 23.3 Å². The van der Waals surface area contributed by atoms with E-state index in [-0.39, 0.29) is 29.8 Å². The smallest absolute Gasteiger partial charge is 0.328 e. The van der Waals surface area contributed by atoms with Gasteiger partial charge >= 0.3 is 11.7 Å². The molecule has 2 rings (SSSR count). The lowest BCUT2D eigenvalue weighted by atomic mass is 10.0. The van der Waals surface area contributed by atoms with Crippen LogP contribution in [0.15, 0.2) is 42.5 Å². The third-order valence-electron chi connectivity index (χ3n) is 4.76. The summed E-state index contributed by atoms with van der Waals surface area (Å²) in [6, 6.07) is 7.52. The van der Waals surface area contributed by atoms with Gasteiger partial charge in [-0.2, -0.15) is 0 Å². The van der Waals surface area contributed by atoms with Crippen LogP contribution >= 0.6 is 0 Å². The highest BCUT2D eigenvalue weighted by Gasteiger charge is 2.28. The van der Waals surface area contributed by atoms with E-state index in [1.165, 1.54) is 50.4 Å². The van der Waals surface area contributed by atoms with Crippen molar-refractivity contribution in [3.8, 4) is 5.75 Å². The van der Waals surface area contributed by atoms with Gasteiger partial charge in [0.25, 0.3) is 0 Å². The van der Waals surface area contributed by atoms with Crippen LogP contribution in [0.25, 0.3) is 0 Å². The number of carbonyl (C=O) groups is 3. The highest BCUT2D eigenvalue weighted by Crippen LogP contribution is 2.28. The molecule has 0 unspecified atom stereocenters. The van der Waals surface area contributed by atoms with Gasteiger partial charge in [-0.3, -0.25) is 19.7 Å². The van der Waals surface area contributed by atoms with Crippen LogP contribution in [0.4, 0.5) is 10.1 Å². The van der Waals surface area contributed by atoms with Crippen molar-refractivity contribution in [3.05, 3.63) is 69.5 Å². The minimum absolute atomic E-state index is 0.0398. The fourth-order valence-electron chi connectivity index (χ4n) is 3.19. The molecule has 0 saturated heterocycles. The Morgan fingerprint density at radius 3 is 2.33 bits per heavy atom. The highest BCUT2D eigenvalue weighted by atomic mass is 19.1. The van der Waals surface area contributed by atoms with Crippen LogP contribution in [0.2, 0.25) is 0 Å². The van der Waals surface area contributed by atoms with Crippen molar-refractivity contribution in [1.29, 1.82) is 0 Å². The van der Waals surface area contributed by atoms with Crippen molar-refractivity contribution < 1.29 is 33.2 Å². The van der Waals surface area contributed by atoms with E-state index in [9.17, 15) is 28.9 Å². The molecule has 0 aliphatic rings. The molecule has 0 spiro atoms. The normalized spacial score (nSPS) is 12.2. The van der Waals surface area contributed by atoms with Gasteiger partial charge in [0.1, 0.15) is 17.9 Å². The molecule has 10 nitrogen and oxygen atoms in total. The maximum absolute atomic E-state index is 14.1. The van der Waals surface area contributed by atoms with E-state index in [0.717, 1.165) is 7.11 Å². The predicted octanol–water partition coefficient (Wildman–Crippen LogP) is 1.69. The van der Waals surface area contributed by atoms with Crippen LogP contribution in [-0.4, -0.2) is 49.0 Å². The van der Waals surface area contributed by atoms with Gasteiger partial charge in [-0.25, -0.2) is 9.18 Å². The second-order valence-electron chi connectivity index (χ2n) is 7.10. The van der Waals surface area contributed by atoms with Crippen LogP contribution in [0.5, 0.6) is 5.75 Å². The summed E-state index contributed by atoms with van der Waals surface area (Å²) < 4.78 is 23.8. The minimum atomic E-state index is -1.22. The van der Waals surface area contributed by atoms with Crippen molar-refractivity contribution >= 4 is 23.5 Å². The zero-order chi connectivity index (χ0) is 24.5. The Bertz CT molecular complexity index is 1040. The van der Waals surface area contributed by atoms with Crippen molar-refractivity contribution in [2.75, 3.05) is 14.2 Å². The monoisotopic (exact) mass is 461 g/mol. The number of nitro benzene ring substituents is 1. The molecule has 0 bridgehead atoms. The second-order valence-corrected chi connectivity index (χ2v) is 7.10. The van der Waals surface area contributed by atoms with Crippen LogP contribution in [0.3, 0.4) is 0 Å². The molecule has 0 radical (unpaired) electrons. The predicted molar refractivity (Wildman–Crippen MR) is 115 cm³/mol. The van der Waals surface area contributed by atoms with Crippen LogP contribution in [0, 0.1) is 15.9 Å². The number of carbonyl (C=O) groups excluding carboxylic acids is 3. The number of nitrogens with one attached hydrogen (secondary N) is 2. The van der Waals surface area contributed by atoms with Crippen molar-refractivity contribution in [3.63, 3.8) is 0 Å². The van der Waals surface area contributed by atoms with Crippen LogP contribution < -0.4 is 15.4 Å². The molecule has 0 aliphatic heterocycles. The van der Waals surface area contributed by atoms with Gasteiger partial charge in [-0.15, -0.1) is 0 Å². The molecule has 2 N–H and O–H groups in total. The maximum atomic E-state index is 14.1. The Morgan fingerprint density at radius 2 is 1.76 bits per heavy atom. The molecule has 176 valence electrons. The third-order valence-corrected chi connectivity index (χ3v) is 4.76. The number of methoxy groups -OCH3 is 2. The summed E-state index contributed by atoms with van der Waals surface area (Å²) in [4.78, 5) is 47.5. The lowest BCUT2D eigenvalue weighted by Gasteiger charge is -2.22. The summed E-state index contributed by atoms with van der Waals surface area (Å²) >= 11 is 0. The zero-order valence-corrected chi connectivity index (χ0v) is 18.3. The minimum Gasteiger partial charge on any atom is -0.490 e. The topological polar surface area (TPSA) is 137 Å². The lowest BCUT2D eigenvalue weighted by molar-refractivity contribution is -0.385. The Kier molecular flexibility index (Phi) is 8.84. The average molecular weight is 461 g/mol. The van der Waals surface area contributed by atoms with E-state index in [1.807, 2.05) is 0 Å². The van der Waals surface area contributed by atoms with E-state index >= 15 is 0 Å². The Balaban J connectivity index is 2.26. The number of amides is 2. The average Bonchev–Trinajstić information content (AvgIpc) is 2.78. The highest BCUT2D eigenvalue weighted by molar-refractivity contribution is 5.90. The summed E-state index contributed by atoms with van der Waals surface area (Å²) in [5.41, 5.74) is 0.260. The quantitative estimate of drug-likeness (QED) is 0.312. The van der Waals surface area contributed by atoms with E-state index in [4.69, 9.17) is 9.47 Å². The van der Waals surface area contributed by atoms with E-state index < -0.39 is 40.6 Å². The summed E-state index contributed by atoms with van der Waals surface area (Å²) in [7, 11) is 2.42. The summed E-state index contributed by atoms with van der Waals surface area (Å²) in [6.45, 7) is 1.20. The van der Waals surface area contributed by atoms with E-state index in [1.54, 1.807) is 6.07 Å². The number of halogens is 1. The summed E-state index contributed by atoms with van der Waals surface area (Å²) in [5, 5.41) is 16.2. The first-order valence-corrected chi connectivity index (χ1v) is 9.86. The molecule has 2 atom stereocenters. The van der Waals surface area contributed by atoms with Gasteiger partial charge in [0.15, 0.2) is 5.75 Å². The molecule has 0 fully saturated rings. The number of benzene rings is 2. The molecular weight excluding hydrogens is 437 g/mol. The Hall–Kier alpha value is -4.02. The molecular formula is C22H24FN3O7. The molecule has 0 heterocycles. The SMILES string of the molecule is COC(=O)[C@H](Cc1ccc(OC)c([N+](=O)[O-])c1)NC(=O)[C@@H](Cc1ccccc1F)NC(C)=O. The number of rotatable bonds is 10. The molecule has 0 aromatic heterocycles.